The molecule has 0 aliphatic heterocycles. The second kappa shape index (κ2) is 37.4. The highest BCUT2D eigenvalue weighted by Gasteiger charge is 2.31. The van der Waals surface area contributed by atoms with E-state index in [2.05, 4.69) is 98.9 Å². The second-order valence-electron chi connectivity index (χ2n) is 14.9. The van der Waals surface area contributed by atoms with Crippen LogP contribution in [0, 0.1) is 0 Å². The van der Waals surface area contributed by atoms with Crippen molar-refractivity contribution in [3.05, 3.63) is 85.1 Å². The fraction of sp³-hybridized carbons (Fsp3) is 0.638. The van der Waals surface area contributed by atoms with E-state index in [0.29, 0.717) is 19.3 Å². The minimum Gasteiger partial charge on any atom is -0.477 e. The first-order valence-electron chi connectivity index (χ1n) is 21.1. The predicted octanol–water partition coefficient (Wildman–Crippen LogP) is 11.4. The standard InChI is InChI=1S/C47H77NO7/c1-6-8-10-12-14-16-18-19-20-21-22-23-24-25-26-28-29-31-33-35-37-45(49)54-42-43(41-53-40-39-44(47(51)52)48(3,4)5)55-46(50)38-36-34-32-30-27-17-15-13-11-9-7-2/h8,10,13-16,19-20,22-23,25-26,29,31,43-44H,6-7,9,11-12,17-18,21,24,27-28,30,32-42H2,1-5H3/p+1/b10-8+,15-13+,16-14+,20-19+,23-22+,26-25+,31-29+. The lowest BCUT2D eigenvalue weighted by molar-refractivity contribution is -0.887. The van der Waals surface area contributed by atoms with Gasteiger partial charge in [0.1, 0.15) is 6.61 Å². The lowest BCUT2D eigenvalue weighted by atomic mass is 10.1. The van der Waals surface area contributed by atoms with Crippen molar-refractivity contribution in [3.8, 4) is 0 Å². The van der Waals surface area contributed by atoms with Crippen LogP contribution in [0.3, 0.4) is 0 Å². The maximum atomic E-state index is 12.7. The van der Waals surface area contributed by atoms with Gasteiger partial charge in [-0.15, -0.1) is 0 Å². The Morgan fingerprint density at radius 1 is 0.564 bits per heavy atom. The number of carboxylic acids is 1. The van der Waals surface area contributed by atoms with Crippen molar-refractivity contribution >= 4 is 17.9 Å². The largest absolute Gasteiger partial charge is 0.477 e. The maximum absolute atomic E-state index is 12.7. The predicted molar refractivity (Wildman–Crippen MR) is 229 cm³/mol. The molecule has 8 heteroatoms. The van der Waals surface area contributed by atoms with Crippen molar-refractivity contribution in [2.75, 3.05) is 41.0 Å². The van der Waals surface area contributed by atoms with E-state index in [1.165, 1.54) is 12.8 Å². The summed E-state index contributed by atoms with van der Waals surface area (Å²) in [6.07, 6.45) is 47.8. The minimum absolute atomic E-state index is 0.0345. The number of allylic oxidation sites excluding steroid dienone is 14. The molecule has 55 heavy (non-hydrogen) atoms. The summed E-state index contributed by atoms with van der Waals surface area (Å²) < 4.78 is 17.2. The number of hydrogen-bond donors (Lipinski definition) is 1. The van der Waals surface area contributed by atoms with Crippen LogP contribution in [0.2, 0.25) is 0 Å². The van der Waals surface area contributed by atoms with Crippen molar-refractivity contribution in [3.63, 3.8) is 0 Å². The van der Waals surface area contributed by atoms with E-state index in [9.17, 15) is 19.5 Å². The number of carbonyl (C=O) groups excluding carboxylic acids is 2. The van der Waals surface area contributed by atoms with Crippen molar-refractivity contribution < 1.29 is 38.2 Å². The van der Waals surface area contributed by atoms with Gasteiger partial charge in [0.15, 0.2) is 12.1 Å². The van der Waals surface area contributed by atoms with E-state index in [-0.39, 0.29) is 42.7 Å². The molecule has 312 valence electrons. The van der Waals surface area contributed by atoms with Gasteiger partial charge < -0.3 is 23.8 Å². The molecule has 1 N–H and O–H groups in total. The third-order valence-corrected chi connectivity index (χ3v) is 8.78. The van der Waals surface area contributed by atoms with Crippen molar-refractivity contribution in [2.45, 2.75) is 154 Å². The van der Waals surface area contributed by atoms with Gasteiger partial charge >= 0.3 is 17.9 Å². The van der Waals surface area contributed by atoms with Crippen molar-refractivity contribution in [1.82, 2.24) is 0 Å². The number of nitrogens with zero attached hydrogens (tertiary/aromatic N) is 1. The van der Waals surface area contributed by atoms with Gasteiger partial charge in [-0.25, -0.2) is 4.79 Å². The number of rotatable bonds is 36. The van der Waals surface area contributed by atoms with Crippen LogP contribution < -0.4 is 0 Å². The van der Waals surface area contributed by atoms with Gasteiger partial charge in [-0.05, 0) is 77.0 Å². The second-order valence-corrected chi connectivity index (χ2v) is 14.9. The molecule has 0 saturated heterocycles. The Labute approximate surface area is 335 Å². The molecule has 0 spiro atoms. The van der Waals surface area contributed by atoms with E-state index in [4.69, 9.17) is 14.2 Å². The zero-order valence-corrected chi connectivity index (χ0v) is 35.3. The molecule has 0 rings (SSSR count). The van der Waals surface area contributed by atoms with Crippen LogP contribution in [0.1, 0.15) is 142 Å². The Morgan fingerprint density at radius 2 is 1.04 bits per heavy atom. The SMILES string of the molecule is CC/C=C/C/C=C/C/C=C/C/C=C/C/C=C/C/C=C/CCCC(=O)OCC(COCCC(C(=O)O)[N+](C)(C)C)OC(=O)CCCCCCC/C=C/CCCC. The molecule has 0 aliphatic rings. The smallest absolute Gasteiger partial charge is 0.362 e. The third kappa shape index (κ3) is 35.9. The Bertz CT molecular complexity index is 1170. The molecule has 2 unspecified atom stereocenters. The highest BCUT2D eigenvalue weighted by molar-refractivity contribution is 5.72. The molecular formula is C47H78NO7+. The number of carbonyl (C=O) groups is 3. The lowest BCUT2D eigenvalue weighted by Gasteiger charge is -2.31. The first-order valence-corrected chi connectivity index (χ1v) is 21.1. The Hall–Kier alpha value is -3.49. The third-order valence-electron chi connectivity index (χ3n) is 8.78. The van der Waals surface area contributed by atoms with Gasteiger partial charge in [0, 0.05) is 19.3 Å². The van der Waals surface area contributed by atoms with Crippen LogP contribution in [0.4, 0.5) is 0 Å². The number of unbranched alkanes of at least 4 members (excludes halogenated alkanes) is 8. The van der Waals surface area contributed by atoms with E-state index < -0.39 is 18.1 Å². The summed E-state index contributed by atoms with van der Waals surface area (Å²) in [4.78, 5) is 36.9. The molecule has 0 aromatic carbocycles. The van der Waals surface area contributed by atoms with Crippen molar-refractivity contribution in [2.24, 2.45) is 0 Å². The molecule has 0 aromatic rings. The fourth-order valence-corrected chi connectivity index (χ4v) is 5.49. The van der Waals surface area contributed by atoms with Crippen LogP contribution in [-0.4, -0.2) is 80.6 Å². The van der Waals surface area contributed by atoms with Crippen molar-refractivity contribution in [1.29, 1.82) is 0 Å². The molecule has 0 aromatic heterocycles. The van der Waals surface area contributed by atoms with Gasteiger partial charge in [0.25, 0.3) is 0 Å². The minimum atomic E-state index is -0.888. The number of carboxylic acid groups (broad SMARTS) is 1. The summed E-state index contributed by atoms with van der Waals surface area (Å²) in [5, 5.41) is 9.60. The number of quaternary nitrogens is 1. The quantitative estimate of drug-likeness (QED) is 0.0293. The molecule has 0 radical (unpaired) electrons. The molecule has 0 heterocycles. The number of likely N-dealkylation sites (N-methyl/N-ethyl adjacent to an activating group) is 1. The number of esters is 2. The first-order chi connectivity index (χ1) is 26.6. The molecule has 8 nitrogen and oxygen atoms in total. The van der Waals surface area contributed by atoms with E-state index in [0.717, 1.165) is 89.9 Å². The molecule has 0 saturated carbocycles. The van der Waals surface area contributed by atoms with Gasteiger partial charge in [-0.1, -0.05) is 131 Å². The summed E-state index contributed by atoms with van der Waals surface area (Å²) in [6, 6.07) is -0.628. The highest BCUT2D eigenvalue weighted by atomic mass is 16.6. The summed E-state index contributed by atoms with van der Waals surface area (Å²) >= 11 is 0. The molecule has 2 atom stereocenters. The highest BCUT2D eigenvalue weighted by Crippen LogP contribution is 2.12. The number of ether oxygens (including phenoxy) is 3. The van der Waals surface area contributed by atoms with Gasteiger partial charge in [-0.3, -0.25) is 9.59 Å². The fourth-order valence-electron chi connectivity index (χ4n) is 5.49. The van der Waals surface area contributed by atoms with E-state index >= 15 is 0 Å². The monoisotopic (exact) mass is 769 g/mol. The Morgan fingerprint density at radius 3 is 1.58 bits per heavy atom. The summed E-state index contributed by atoms with van der Waals surface area (Å²) in [6.45, 7) is 4.48. The van der Waals surface area contributed by atoms with Crippen LogP contribution >= 0.6 is 0 Å². The van der Waals surface area contributed by atoms with Crippen LogP contribution in [0.15, 0.2) is 85.1 Å². The molecule has 0 bridgehead atoms. The molecule has 0 amide bonds. The Balaban J connectivity index is 4.46. The summed E-state index contributed by atoms with van der Waals surface area (Å²) in [7, 11) is 5.49. The topological polar surface area (TPSA) is 99.1 Å². The van der Waals surface area contributed by atoms with Gasteiger partial charge in [0.2, 0.25) is 0 Å². The van der Waals surface area contributed by atoms with Gasteiger partial charge in [0.05, 0.1) is 34.4 Å². The van der Waals surface area contributed by atoms with Crippen LogP contribution in [0.5, 0.6) is 0 Å². The number of hydrogen-bond acceptors (Lipinski definition) is 6. The maximum Gasteiger partial charge on any atom is 0.362 e. The Kier molecular flexibility index (Phi) is 35.1. The lowest BCUT2D eigenvalue weighted by Crippen LogP contribution is -2.50. The average molecular weight is 769 g/mol. The summed E-state index contributed by atoms with van der Waals surface area (Å²) in [5.74, 6) is -1.57. The molecular weight excluding hydrogens is 691 g/mol. The molecule has 0 aliphatic carbocycles. The average Bonchev–Trinajstić information content (AvgIpc) is 3.14. The van der Waals surface area contributed by atoms with Gasteiger partial charge in [-0.2, -0.15) is 0 Å². The number of aliphatic carboxylic acids is 1. The van der Waals surface area contributed by atoms with E-state index in [1.807, 2.05) is 21.1 Å². The first kappa shape index (κ1) is 51.5. The van der Waals surface area contributed by atoms with Crippen LogP contribution in [-0.2, 0) is 28.6 Å². The molecule has 0 fully saturated rings. The van der Waals surface area contributed by atoms with E-state index in [1.54, 1.807) is 0 Å². The van der Waals surface area contributed by atoms with Crippen LogP contribution in [0.25, 0.3) is 0 Å². The normalized spacial score (nSPS) is 13.8. The summed E-state index contributed by atoms with van der Waals surface area (Å²) in [5.41, 5.74) is 0. The zero-order valence-electron chi connectivity index (χ0n) is 35.3. The zero-order chi connectivity index (χ0) is 40.7.